The quantitative estimate of drug-likeness (QED) is 0.785. The van der Waals surface area contributed by atoms with Crippen molar-refractivity contribution in [3.05, 3.63) is 29.8 Å². The van der Waals surface area contributed by atoms with Crippen LogP contribution >= 0.6 is 11.8 Å². The molecule has 1 aromatic rings. The number of carbonyl (C=O) groups excluding carboxylic acids is 1. The van der Waals surface area contributed by atoms with Gasteiger partial charge >= 0.3 is 6.61 Å². The molecule has 1 heterocycles. The van der Waals surface area contributed by atoms with Crippen molar-refractivity contribution in [1.82, 2.24) is 10.2 Å². The van der Waals surface area contributed by atoms with Gasteiger partial charge in [0.05, 0.1) is 6.54 Å². The van der Waals surface area contributed by atoms with Gasteiger partial charge in [-0.2, -0.15) is 20.5 Å². The molecule has 0 aliphatic carbocycles. The molecule has 1 N–H and O–H groups in total. The van der Waals surface area contributed by atoms with Crippen LogP contribution in [-0.4, -0.2) is 42.5 Å². The molecule has 4 nitrogen and oxygen atoms in total. The first kappa shape index (κ1) is 16.0. The summed E-state index contributed by atoms with van der Waals surface area (Å²) in [6.07, 6.45) is 2.76. The Kier molecular flexibility index (Phi) is 5.81. The lowest BCUT2D eigenvalue weighted by molar-refractivity contribution is -0.128. The zero-order valence-electron chi connectivity index (χ0n) is 11.7. The Morgan fingerprint density at radius 1 is 1.43 bits per heavy atom. The lowest BCUT2D eigenvalue weighted by atomic mass is 10.1. The zero-order valence-corrected chi connectivity index (χ0v) is 12.5. The van der Waals surface area contributed by atoms with E-state index in [1.165, 1.54) is 12.1 Å². The second kappa shape index (κ2) is 7.61. The van der Waals surface area contributed by atoms with Gasteiger partial charge in [0.1, 0.15) is 11.9 Å². The number of nitrogens with one attached hydrogen (secondary N) is 1. The fourth-order valence-electron chi connectivity index (χ4n) is 2.30. The van der Waals surface area contributed by atoms with Gasteiger partial charge in [0.2, 0.25) is 5.91 Å². The third kappa shape index (κ3) is 4.31. The van der Waals surface area contributed by atoms with E-state index in [-0.39, 0.29) is 17.8 Å². The van der Waals surface area contributed by atoms with Gasteiger partial charge in [0.15, 0.2) is 0 Å². The number of carbonyl (C=O) groups is 1. The van der Waals surface area contributed by atoms with E-state index in [4.69, 9.17) is 0 Å². The Morgan fingerprint density at radius 2 is 2.14 bits per heavy atom. The maximum Gasteiger partial charge on any atom is 0.387 e. The fraction of sp³-hybridized carbons (Fsp3) is 0.500. The number of halogens is 2. The summed E-state index contributed by atoms with van der Waals surface area (Å²) in [5.41, 5.74) is 0.867. The first-order chi connectivity index (χ1) is 10.1. The first-order valence-electron chi connectivity index (χ1n) is 6.68. The summed E-state index contributed by atoms with van der Waals surface area (Å²) >= 11 is 1.74. The number of hydrogen-bond donors (Lipinski definition) is 1. The van der Waals surface area contributed by atoms with E-state index in [1.807, 2.05) is 6.26 Å². The number of rotatable bonds is 7. The number of alkyl halides is 2. The average Bonchev–Trinajstić information content (AvgIpc) is 2.81. The molecule has 1 saturated heterocycles. The molecule has 0 bridgehead atoms. The summed E-state index contributed by atoms with van der Waals surface area (Å²) in [5.74, 6) is 1.18. The molecule has 0 aromatic heterocycles. The van der Waals surface area contributed by atoms with Crippen LogP contribution in [0.25, 0.3) is 0 Å². The summed E-state index contributed by atoms with van der Waals surface area (Å²) in [5, 5.41) is 3.14. The van der Waals surface area contributed by atoms with E-state index in [9.17, 15) is 13.6 Å². The number of amides is 1. The molecule has 1 atom stereocenters. The molecule has 1 unspecified atom stereocenters. The van der Waals surface area contributed by atoms with Crippen molar-refractivity contribution < 1.29 is 18.3 Å². The molecule has 0 saturated carbocycles. The lowest BCUT2D eigenvalue weighted by Gasteiger charge is -2.24. The predicted molar refractivity (Wildman–Crippen MR) is 78.5 cm³/mol. The third-order valence-corrected chi connectivity index (χ3v) is 3.94. The molecule has 2 rings (SSSR count). The molecule has 1 amide bonds. The molecular weight excluding hydrogens is 298 g/mol. The van der Waals surface area contributed by atoms with Crippen LogP contribution in [0.2, 0.25) is 0 Å². The van der Waals surface area contributed by atoms with Crippen molar-refractivity contribution >= 4 is 17.7 Å². The summed E-state index contributed by atoms with van der Waals surface area (Å²) in [6.45, 7) is -1.84. The summed E-state index contributed by atoms with van der Waals surface area (Å²) < 4.78 is 28.6. The Morgan fingerprint density at radius 3 is 2.76 bits per heavy atom. The van der Waals surface area contributed by atoms with E-state index in [0.29, 0.717) is 13.1 Å². The summed E-state index contributed by atoms with van der Waals surface area (Å²) in [4.78, 5) is 13.7. The third-order valence-electron chi connectivity index (χ3n) is 3.25. The number of benzene rings is 1. The van der Waals surface area contributed by atoms with Gasteiger partial charge in [-0.3, -0.25) is 10.1 Å². The minimum absolute atomic E-state index is 0.0639. The Labute approximate surface area is 126 Å². The van der Waals surface area contributed by atoms with Gasteiger partial charge in [-0.15, -0.1) is 0 Å². The smallest absolute Gasteiger partial charge is 0.387 e. The van der Waals surface area contributed by atoms with Gasteiger partial charge in [-0.25, -0.2) is 0 Å². The molecule has 1 aromatic carbocycles. The van der Waals surface area contributed by atoms with Crippen LogP contribution in [0.5, 0.6) is 5.75 Å². The van der Waals surface area contributed by atoms with E-state index in [2.05, 4.69) is 10.1 Å². The zero-order chi connectivity index (χ0) is 15.2. The molecule has 7 heteroatoms. The van der Waals surface area contributed by atoms with Crippen LogP contribution in [0.1, 0.15) is 18.2 Å². The minimum Gasteiger partial charge on any atom is -0.435 e. The molecule has 116 valence electrons. The van der Waals surface area contributed by atoms with Gasteiger partial charge in [0.25, 0.3) is 0 Å². The molecule has 1 aliphatic rings. The number of nitrogens with zero attached hydrogens (tertiary/aromatic N) is 1. The van der Waals surface area contributed by atoms with Crippen LogP contribution < -0.4 is 10.1 Å². The highest BCUT2D eigenvalue weighted by molar-refractivity contribution is 7.98. The van der Waals surface area contributed by atoms with Crippen LogP contribution in [0.4, 0.5) is 8.78 Å². The van der Waals surface area contributed by atoms with Crippen LogP contribution in [0.3, 0.4) is 0 Å². The van der Waals surface area contributed by atoms with E-state index < -0.39 is 6.61 Å². The number of ether oxygens (including phenoxy) is 1. The molecule has 1 fully saturated rings. The standard InChI is InChI=1S/C14H18F2N2O2S/c1-21-8-2-7-18-12(19)9-17-13(18)10-3-5-11(6-4-10)20-14(15)16/h3-6,13-14,17H,2,7-9H2,1H3. The Balaban J connectivity index is 2.03. The Bertz CT molecular complexity index is 471. The lowest BCUT2D eigenvalue weighted by Crippen LogP contribution is -2.31. The highest BCUT2D eigenvalue weighted by Gasteiger charge is 2.30. The second-order valence-corrected chi connectivity index (χ2v) is 5.65. The topological polar surface area (TPSA) is 41.6 Å². The van der Waals surface area contributed by atoms with Gasteiger partial charge in [-0.05, 0) is 36.1 Å². The van der Waals surface area contributed by atoms with Crippen molar-refractivity contribution in [3.63, 3.8) is 0 Å². The van der Waals surface area contributed by atoms with Crippen LogP contribution in [-0.2, 0) is 4.79 Å². The maximum atomic E-state index is 12.1. The monoisotopic (exact) mass is 316 g/mol. The van der Waals surface area contributed by atoms with Gasteiger partial charge in [0, 0.05) is 6.54 Å². The van der Waals surface area contributed by atoms with Crippen LogP contribution in [0.15, 0.2) is 24.3 Å². The fourth-order valence-corrected chi connectivity index (χ4v) is 2.72. The predicted octanol–water partition coefficient (Wildman–Crippen LogP) is 2.47. The van der Waals surface area contributed by atoms with Crippen molar-refractivity contribution in [1.29, 1.82) is 0 Å². The molecule has 21 heavy (non-hydrogen) atoms. The molecule has 1 aliphatic heterocycles. The first-order valence-corrected chi connectivity index (χ1v) is 8.08. The van der Waals surface area contributed by atoms with Crippen molar-refractivity contribution in [2.75, 3.05) is 25.1 Å². The summed E-state index contributed by atoms with van der Waals surface area (Å²) in [6, 6.07) is 6.39. The van der Waals surface area contributed by atoms with E-state index >= 15 is 0 Å². The van der Waals surface area contributed by atoms with Crippen molar-refractivity contribution in [3.8, 4) is 5.75 Å². The van der Waals surface area contributed by atoms with Gasteiger partial charge < -0.3 is 9.64 Å². The largest absolute Gasteiger partial charge is 0.435 e. The normalized spacial score (nSPS) is 18.6. The maximum absolute atomic E-state index is 12.1. The van der Waals surface area contributed by atoms with E-state index in [1.54, 1.807) is 28.8 Å². The number of hydrogen-bond acceptors (Lipinski definition) is 4. The highest BCUT2D eigenvalue weighted by Crippen LogP contribution is 2.25. The van der Waals surface area contributed by atoms with Gasteiger partial charge in [-0.1, -0.05) is 12.1 Å². The van der Waals surface area contributed by atoms with Crippen molar-refractivity contribution in [2.45, 2.75) is 19.2 Å². The number of thioether (sulfide) groups is 1. The van der Waals surface area contributed by atoms with Crippen LogP contribution in [0, 0.1) is 0 Å². The minimum atomic E-state index is -2.83. The Hall–Kier alpha value is -1.34. The summed E-state index contributed by atoms with van der Waals surface area (Å²) in [7, 11) is 0. The second-order valence-electron chi connectivity index (χ2n) is 4.66. The molecule has 0 spiro atoms. The average molecular weight is 316 g/mol. The van der Waals surface area contributed by atoms with Crippen molar-refractivity contribution in [2.24, 2.45) is 0 Å². The highest BCUT2D eigenvalue weighted by atomic mass is 32.2. The van der Waals surface area contributed by atoms with E-state index in [0.717, 1.165) is 17.7 Å². The molecular formula is C14H18F2N2O2S. The SMILES string of the molecule is CSCCCN1C(=O)CNC1c1ccc(OC(F)F)cc1. The molecule has 0 radical (unpaired) electrons.